The van der Waals surface area contributed by atoms with Crippen molar-refractivity contribution in [2.75, 3.05) is 6.54 Å². The molecule has 21 heavy (non-hydrogen) atoms. The summed E-state index contributed by atoms with van der Waals surface area (Å²) in [5.41, 5.74) is 0.965. The summed E-state index contributed by atoms with van der Waals surface area (Å²) in [6, 6.07) is 0. The van der Waals surface area contributed by atoms with E-state index in [1.54, 1.807) is 11.0 Å². The number of imidazole rings is 1. The molecule has 0 saturated heterocycles. The molecular weight excluding hydrogens is 268 g/mol. The van der Waals surface area contributed by atoms with Crippen LogP contribution in [-0.2, 0) is 24.4 Å². The maximum atomic E-state index is 12.2. The molecule has 0 spiro atoms. The topological polar surface area (TPSA) is 68.8 Å². The van der Waals surface area contributed by atoms with Crippen LogP contribution in [0.2, 0.25) is 0 Å². The van der Waals surface area contributed by atoms with Gasteiger partial charge in [-0.25, -0.2) is 14.6 Å². The van der Waals surface area contributed by atoms with Gasteiger partial charge in [-0.05, 0) is 18.8 Å². The Labute approximate surface area is 122 Å². The van der Waals surface area contributed by atoms with E-state index < -0.39 is 0 Å². The van der Waals surface area contributed by atoms with Gasteiger partial charge in [0.15, 0.2) is 0 Å². The standard InChI is InChI=1S/C14H18N6O/c21-14(5-11-1-2-11)19-4-3-18-6-12(17-13(18)8-19)7-20-10-15-9-16-20/h6,9-11H,1-5,7-8H2. The third-order valence-corrected chi connectivity index (χ3v) is 4.16. The Morgan fingerprint density at radius 1 is 1.33 bits per heavy atom. The Bertz CT molecular complexity index is 642. The van der Waals surface area contributed by atoms with E-state index in [-0.39, 0.29) is 5.91 Å². The molecule has 0 bridgehead atoms. The highest BCUT2D eigenvalue weighted by molar-refractivity contribution is 5.76. The van der Waals surface area contributed by atoms with Crippen molar-refractivity contribution < 1.29 is 4.79 Å². The van der Waals surface area contributed by atoms with Crippen molar-refractivity contribution in [2.45, 2.75) is 38.9 Å². The SMILES string of the molecule is O=C(CC1CC1)N1CCn2cc(Cn3cncn3)nc2C1. The summed E-state index contributed by atoms with van der Waals surface area (Å²) in [6.07, 6.45) is 8.41. The summed E-state index contributed by atoms with van der Waals surface area (Å²) >= 11 is 0. The van der Waals surface area contributed by atoms with Gasteiger partial charge in [0.05, 0.1) is 18.8 Å². The van der Waals surface area contributed by atoms with Gasteiger partial charge in [-0.3, -0.25) is 4.79 Å². The third-order valence-electron chi connectivity index (χ3n) is 4.16. The van der Waals surface area contributed by atoms with Crippen LogP contribution in [0.25, 0.3) is 0 Å². The zero-order valence-electron chi connectivity index (χ0n) is 11.9. The minimum atomic E-state index is 0.282. The van der Waals surface area contributed by atoms with E-state index in [4.69, 9.17) is 0 Å². The average Bonchev–Trinajstić information content (AvgIpc) is 3.00. The summed E-state index contributed by atoms with van der Waals surface area (Å²) in [6.45, 7) is 2.87. The lowest BCUT2D eigenvalue weighted by Crippen LogP contribution is -2.38. The van der Waals surface area contributed by atoms with E-state index >= 15 is 0 Å². The predicted octanol–water partition coefficient (Wildman–Crippen LogP) is 0.665. The number of rotatable bonds is 4. The van der Waals surface area contributed by atoms with Crippen LogP contribution in [0.3, 0.4) is 0 Å². The number of carbonyl (C=O) groups is 1. The first-order chi connectivity index (χ1) is 10.3. The van der Waals surface area contributed by atoms with Gasteiger partial charge < -0.3 is 9.47 Å². The molecule has 1 amide bonds. The van der Waals surface area contributed by atoms with Crippen LogP contribution in [-0.4, -0.2) is 41.7 Å². The third kappa shape index (κ3) is 2.68. The molecule has 2 aliphatic rings. The number of fused-ring (bicyclic) bond motifs is 1. The Hall–Kier alpha value is -2.18. The quantitative estimate of drug-likeness (QED) is 0.828. The molecule has 7 heteroatoms. The first-order valence-electron chi connectivity index (χ1n) is 7.43. The van der Waals surface area contributed by atoms with E-state index in [2.05, 4.69) is 25.8 Å². The average molecular weight is 286 g/mol. The Morgan fingerprint density at radius 2 is 2.24 bits per heavy atom. The minimum Gasteiger partial charge on any atom is -0.333 e. The Morgan fingerprint density at radius 3 is 3.00 bits per heavy atom. The number of hydrogen-bond donors (Lipinski definition) is 0. The number of hydrogen-bond acceptors (Lipinski definition) is 4. The molecule has 1 aliphatic heterocycles. The lowest BCUT2D eigenvalue weighted by molar-refractivity contribution is -0.133. The summed E-state index contributed by atoms with van der Waals surface area (Å²) < 4.78 is 3.90. The maximum Gasteiger partial charge on any atom is 0.223 e. The Kier molecular flexibility index (Phi) is 2.98. The van der Waals surface area contributed by atoms with Gasteiger partial charge >= 0.3 is 0 Å². The number of amides is 1. The van der Waals surface area contributed by atoms with E-state index in [1.807, 2.05) is 4.90 Å². The molecule has 3 heterocycles. The van der Waals surface area contributed by atoms with Gasteiger partial charge in [-0.1, -0.05) is 0 Å². The second-order valence-electron chi connectivity index (χ2n) is 5.90. The van der Waals surface area contributed by atoms with Crippen LogP contribution in [0, 0.1) is 5.92 Å². The van der Waals surface area contributed by atoms with Crippen molar-refractivity contribution in [2.24, 2.45) is 5.92 Å². The summed E-state index contributed by atoms with van der Waals surface area (Å²) in [4.78, 5) is 22.7. The number of nitrogens with zero attached hydrogens (tertiary/aromatic N) is 6. The molecule has 0 N–H and O–H groups in total. The zero-order valence-corrected chi connectivity index (χ0v) is 11.9. The normalized spacial score (nSPS) is 17.8. The fourth-order valence-corrected chi connectivity index (χ4v) is 2.78. The maximum absolute atomic E-state index is 12.2. The monoisotopic (exact) mass is 286 g/mol. The first-order valence-corrected chi connectivity index (χ1v) is 7.43. The predicted molar refractivity (Wildman–Crippen MR) is 74.1 cm³/mol. The van der Waals surface area contributed by atoms with Crippen LogP contribution in [0.5, 0.6) is 0 Å². The van der Waals surface area contributed by atoms with Crippen molar-refractivity contribution in [1.29, 1.82) is 0 Å². The fourth-order valence-electron chi connectivity index (χ4n) is 2.78. The molecule has 4 rings (SSSR count). The molecule has 0 unspecified atom stereocenters. The lowest BCUT2D eigenvalue weighted by Gasteiger charge is -2.27. The molecule has 110 valence electrons. The molecule has 2 aromatic heterocycles. The van der Waals surface area contributed by atoms with Gasteiger partial charge in [-0.2, -0.15) is 5.10 Å². The summed E-state index contributed by atoms with van der Waals surface area (Å²) in [7, 11) is 0. The fraction of sp³-hybridized carbons (Fsp3) is 0.571. The molecular formula is C14H18N6O. The smallest absolute Gasteiger partial charge is 0.223 e. The molecule has 1 saturated carbocycles. The molecule has 0 radical (unpaired) electrons. The molecule has 0 aromatic carbocycles. The van der Waals surface area contributed by atoms with Gasteiger partial charge in [0.2, 0.25) is 5.91 Å². The molecule has 1 fully saturated rings. The van der Waals surface area contributed by atoms with Crippen LogP contribution in [0.15, 0.2) is 18.9 Å². The van der Waals surface area contributed by atoms with Gasteiger partial charge in [0.25, 0.3) is 0 Å². The molecule has 0 atom stereocenters. The summed E-state index contributed by atoms with van der Waals surface area (Å²) in [5.74, 6) is 1.90. The number of aromatic nitrogens is 5. The van der Waals surface area contributed by atoms with Crippen LogP contribution >= 0.6 is 0 Å². The van der Waals surface area contributed by atoms with E-state index in [9.17, 15) is 4.79 Å². The Balaban J connectivity index is 1.45. The molecule has 2 aromatic rings. The van der Waals surface area contributed by atoms with Gasteiger partial charge in [0, 0.05) is 25.7 Å². The van der Waals surface area contributed by atoms with Crippen LogP contribution in [0.1, 0.15) is 30.8 Å². The second kappa shape index (κ2) is 4.98. The molecule has 1 aliphatic carbocycles. The minimum absolute atomic E-state index is 0.282. The van der Waals surface area contributed by atoms with E-state index in [0.717, 1.165) is 24.6 Å². The van der Waals surface area contributed by atoms with Gasteiger partial charge in [-0.15, -0.1) is 0 Å². The second-order valence-corrected chi connectivity index (χ2v) is 5.90. The van der Waals surface area contributed by atoms with E-state index in [1.165, 1.54) is 19.2 Å². The van der Waals surface area contributed by atoms with Crippen molar-refractivity contribution in [3.63, 3.8) is 0 Å². The highest BCUT2D eigenvalue weighted by Gasteiger charge is 2.29. The highest BCUT2D eigenvalue weighted by atomic mass is 16.2. The van der Waals surface area contributed by atoms with E-state index in [0.29, 0.717) is 25.4 Å². The first kappa shape index (κ1) is 12.6. The van der Waals surface area contributed by atoms with Crippen molar-refractivity contribution in [3.05, 3.63) is 30.4 Å². The largest absolute Gasteiger partial charge is 0.333 e. The van der Waals surface area contributed by atoms with Crippen LogP contribution in [0.4, 0.5) is 0 Å². The molecule has 7 nitrogen and oxygen atoms in total. The zero-order chi connectivity index (χ0) is 14.2. The highest BCUT2D eigenvalue weighted by Crippen LogP contribution is 2.33. The van der Waals surface area contributed by atoms with Crippen LogP contribution < -0.4 is 0 Å². The number of carbonyl (C=O) groups excluding carboxylic acids is 1. The summed E-state index contributed by atoms with van der Waals surface area (Å²) in [5, 5.41) is 4.09. The van der Waals surface area contributed by atoms with Crippen molar-refractivity contribution in [3.8, 4) is 0 Å². The van der Waals surface area contributed by atoms with Crippen molar-refractivity contribution in [1.82, 2.24) is 29.2 Å². The van der Waals surface area contributed by atoms with Crippen molar-refractivity contribution >= 4 is 5.91 Å². The van der Waals surface area contributed by atoms with Gasteiger partial charge in [0.1, 0.15) is 18.5 Å². The lowest BCUT2D eigenvalue weighted by atomic mass is 10.2.